The number of hydrogen-bond donors (Lipinski definition) is 1. The third kappa shape index (κ3) is 3.75. The highest BCUT2D eigenvalue weighted by Crippen LogP contribution is 2.17. The highest BCUT2D eigenvalue weighted by atomic mass is 16.5. The molecule has 8 heteroatoms. The number of hydrogen-bond acceptors (Lipinski definition) is 5. The van der Waals surface area contributed by atoms with Gasteiger partial charge in [-0.1, -0.05) is 18.2 Å². The normalized spacial score (nSPS) is 10.8. The molecule has 0 saturated heterocycles. The zero-order valence-corrected chi connectivity index (χ0v) is 16.2. The first-order valence-electron chi connectivity index (χ1n) is 9.25. The second-order valence-corrected chi connectivity index (χ2v) is 6.64. The number of fused-ring (bicyclic) bond motifs is 1. The first-order valence-corrected chi connectivity index (χ1v) is 9.25. The third-order valence-corrected chi connectivity index (χ3v) is 4.68. The van der Waals surface area contributed by atoms with Crippen LogP contribution in [0.15, 0.2) is 80.9 Å². The second-order valence-electron chi connectivity index (χ2n) is 6.64. The van der Waals surface area contributed by atoms with Crippen molar-refractivity contribution < 1.29 is 13.9 Å². The fourth-order valence-electron chi connectivity index (χ4n) is 3.27. The van der Waals surface area contributed by atoms with Crippen LogP contribution in [-0.4, -0.2) is 22.2 Å². The van der Waals surface area contributed by atoms with Gasteiger partial charge in [-0.15, -0.1) is 0 Å². The number of furan rings is 1. The van der Waals surface area contributed by atoms with Gasteiger partial charge >= 0.3 is 5.69 Å². The molecule has 0 fully saturated rings. The Hall–Kier alpha value is -4.07. The maximum atomic E-state index is 13.1. The summed E-state index contributed by atoms with van der Waals surface area (Å²) < 4.78 is 12.8. The zero-order chi connectivity index (χ0) is 21.1. The number of nitrogens with zero attached hydrogens (tertiary/aromatic N) is 2. The van der Waals surface area contributed by atoms with Crippen molar-refractivity contribution in [3.63, 3.8) is 0 Å². The predicted molar refractivity (Wildman–Crippen MR) is 112 cm³/mol. The molecule has 2 aromatic carbocycles. The summed E-state index contributed by atoms with van der Waals surface area (Å²) in [6.07, 6.45) is 1.47. The topological polar surface area (TPSA) is 95.5 Å². The summed E-state index contributed by atoms with van der Waals surface area (Å²) >= 11 is 0. The lowest BCUT2D eigenvalue weighted by molar-refractivity contribution is -0.116. The molecular formula is C22H19N3O5. The Bertz CT molecular complexity index is 1320. The van der Waals surface area contributed by atoms with Crippen LogP contribution in [0.4, 0.5) is 5.69 Å². The van der Waals surface area contributed by atoms with Crippen molar-refractivity contribution in [3.05, 3.63) is 93.5 Å². The van der Waals surface area contributed by atoms with Crippen LogP contribution >= 0.6 is 0 Å². The number of amides is 1. The van der Waals surface area contributed by atoms with Gasteiger partial charge in [0.05, 0.1) is 30.8 Å². The van der Waals surface area contributed by atoms with Gasteiger partial charge in [0.2, 0.25) is 5.91 Å². The average Bonchev–Trinajstić information content (AvgIpc) is 3.27. The molecule has 30 heavy (non-hydrogen) atoms. The van der Waals surface area contributed by atoms with Crippen LogP contribution in [0.3, 0.4) is 0 Å². The van der Waals surface area contributed by atoms with Crippen molar-refractivity contribution in [3.8, 4) is 5.75 Å². The van der Waals surface area contributed by atoms with Gasteiger partial charge in [0, 0.05) is 11.8 Å². The van der Waals surface area contributed by atoms with Gasteiger partial charge in [-0.05, 0) is 36.4 Å². The Kier molecular flexibility index (Phi) is 5.21. The maximum absolute atomic E-state index is 13.1. The van der Waals surface area contributed by atoms with E-state index in [2.05, 4.69) is 5.32 Å². The Labute approximate surface area is 170 Å². The number of ether oxygens (including phenoxy) is 1. The van der Waals surface area contributed by atoms with Crippen molar-refractivity contribution >= 4 is 22.5 Å². The number of benzene rings is 2. The van der Waals surface area contributed by atoms with Crippen LogP contribution in [-0.2, 0) is 17.9 Å². The van der Waals surface area contributed by atoms with E-state index in [0.29, 0.717) is 28.1 Å². The molecule has 0 aliphatic rings. The van der Waals surface area contributed by atoms with Crippen LogP contribution in [0.25, 0.3) is 10.9 Å². The van der Waals surface area contributed by atoms with Crippen molar-refractivity contribution in [1.29, 1.82) is 0 Å². The smallest absolute Gasteiger partial charge is 0.332 e. The number of nitrogens with one attached hydrogen (secondary N) is 1. The average molecular weight is 405 g/mol. The van der Waals surface area contributed by atoms with E-state index in [1.807, 2.05) is 0 Å². The van der Waals surface area contributed by atoms with Crippen molar-refractivity contribution in [2.24, 2.45) is 0 Å². The first kappa shape index (κ1) is 19.3. The molecule has 2 aromatic heterocycles. The van der Waals surface area contributed by atoms with Crippen molar-refractivity contribution in [2.75, 3.05) is 12.4 Å². The van der Waals surface area contributed by atoms with Crippen LogP contribution < -0.4 is 21.3 Å². The molecule has 0 bridgehead atoms. The SMILES string of the molecule is COc1cccc(NC(=O)Cn2c(=O)n(Cc3ccco3)c(=O)c3ccccc32)c1. The standard InChI is InChI=1S/C22H19N3O5/c1-29-16-7-4-6-15(12-16)23-20(26)14-24-19-10-3-2-9-18(19)21(27)25(22(24)28)13-17-8-5-11-30-17/h2-12H,13-14H2,1H3,(H,23,26). The van der Waals surface area contributed by atoms with E-state index in [-0.39, 0.29) is 13.1 Å². The summed E-state index contributed by atoms with van der Waals surface area (Å²) in [5.41, 5.74) is -0.0862. The third-order valence-electron chi connectivity index (χ3n) is 4.68. The van der Waals surface area contributed by atoms with Gasteiger partial charge < -0.3 is 14.5 Å². The predicted octanol–water partition coefficient (Wildman–Crippen LogP) is 2.45. The summed E-state index contributed by atoms with van der Waals surface area (Å²) in [6, 6.07) is 17.0. The van der Waals surface area contributed by atoms with Crippen LogP contribution in [0.2, 0.25) is 0 Å². The number of carbonyl (C=O) groups is 1. The Morgan fingerprint density at radius 3 is 2.63 bits per heavy atom. The van der Waals surface area contributed by atoms with Crippen molar-refractivity contribution in [2.45, 2.75) is 13.1 Å². The molecule has 2 heterocycles. The molecule has 1 amide bonds. The van der Waals surface area contributed by atoms with Gasteiger partial charge in [0.15, 0.2) is 0 Å². The number of para-hydroxylation sites is 1. The van der Waals surface area contributed by atoms with Gasteiger partial charge in [-0.3, -0.25) is 18.7 Å². The van der Waals surface area contributed by atoms with E-state index in [1.54, 1.807) is 60.7 Å². The molecule has 0 saturated carbocycles. The zero-order valence-electron chi connectivity index (χ0n) is 16.2. The number of anilines is 1. The minimum Gasteiger partial charge on any atom is -0.497 e. The fourth-order valence-corrected chi connectivity index (χ4v) is 3.27. The quantitative estimate of drug-likeness (QED) is 0.532. The van der Waals surface area contributed by atoms with Crippen LogP contribution in [0.5, 0.6) is 5.75 Å². The molecule has 0 aliphatic carbocycles. The number of methoxy groups -OCH3 is 1. The molecule has 0 radical (unpaired) electrons. The molecule has 0 spiro atoms. The molecule has 0 atom stereocenters. The monoisotopic (exact) mass is 405 g/mol. The molecule has 4 aromatic rings. The molecule has 1 N–H and O–H groups in total. The van der Waals surface area contributed by atoms with Gasteiger partial charge in [0.25, 0.3) is 5.56 Å². The Morgan fingerprint density at radius 1 is 1.03 bits per heavy atom. The van der Waals surface area contributed by atoms with Crippen molar-refractivity contribution in [1.82, 2.24) is 9.13 Å². The Balaban J connectivity index is 1.73. The molecule has 0 aliphatic heterocycles. The largest absolute Gasteiger partial charge is 0.497 e. The second kappa shape index (κ2) is 8.12. The van der Waals surface area contributed by atoms with Gasteiger partial charge in [-0.2, -0.15) is 0 Å². The summed E-state index contributed by atoms with van der Waals surface area (Å²) in [6.45, 7) is -0.276. The summed E-state index contributed by atoms with van der Waals surface area (Å²) in [4.78, 5) is 38.6. The highest BCUT2D eigenvalue weighted by Gasteiger charge is 2.16. The van der Waals surface area contributed by atoms with E-state index in [1.165, 1.54) is 17.9 Å². The summed E-state index contributed by atoms with van der Waals surface area (Å²) in [5.74, 6) is 0.665. The van der Waals surface area contributed by atoms with E-state index < -0.39 is 17.2 Å². The number of rotatable bonds is 6. The van der Waals surface area contributed by atoms with Crippen LogP contribution in [0, 0.1) is 0 Å². The lowest BCUT2D eigenvalue weighted by atomic mass is 10.2. The fraction of sp³-hybridized carbons (Fsp3) is 0.136. The van der Waals surface area contributed by atoms with Gasteiger partial charge in [-0.25, -0.2) is 4.79 Å². The molecule has 152 valence electrons. The minimum atomic E-state index is -0.587. The molecule has 0 unspecified atom stereocenters. The number of aromatic nitrogens is 2. The molecule has 8 nitrogen and oxygen atoms in total. The van der Waals surface area contributed by atoms with Crippen LogP contribution in [0.1, 0.15) is 5.76 Å². The summed E-state index contributed by atoms with van der Waals surface area (Å²) in [7, 11) is 1.54. The highest BCUT2D eigenvalue weighted by molar-refractivity contribution is 5.91. The number of carbonyl (C=O) groups excluding carboxylic acids is 1. The summed E-state index contributed by atoms with van der Waals surface area (Å²) in [5, 5.41) is 3.10. The first-order chi connectivity index (χ1) is 14.6. The molecule has 4 rings (SSSR count). The van der Waals surface area contributed by atoms with E-state index in [0.717, 1.165) is 4.57 Å². The Morgan fingerprint density at radius 2 is 1.87 bits per heavy atom. The maximum Gasteiger partial charge on any atom is 0.332 e. The van der Waals surface area contributed by atoms with E-state index in [9.17, 15) is 14.4 Å². The van der Waals surface area contributed by atoms with Gasteiger partial charge in [0.1, 0.15) is 18.1 Å². The minimum absolute atomic E-state index is 0.0208. The van der Waals surface area contributed by atoms with E-state index >= 15 is 0 Å². The van der Waals surface area contributed by atoms with E-state index in [4.69, 9.17) is 9.15 Å². The lowest BCUT2D eigenvalue weighted by Gasteiger charge is -2.14. The molecular weight excluding hydrogens is 386 g/mol. The lowest BCUT2D eigenvalue weighted by Crippen LogP contribution is -2.42.